The smallest absolute Gasteiger partial charge is 0.127 e. The summed E-state index contributed by atoms with van der Waals surface area (Å²) in [7, 11) is 5.20. The molecule has 2 rings (SSSR count). The van der Waals surface area contributed by atoms with Gasteiger partial charge in [-0.05, 0) is 43.9 Å². The summed E-state index contributed by atoms with van der Waals surface area (Å²) in [5, 5.41) is 3.62. The molecule has 1 aromatic carbocycles. The number of rotatable bonds is 9. The Morgan fingerprint density at radius 2 is 1.76 bits per heavy atom. The molecule has 0 aromatic heterocycles. The number of methoxy groups -OCH3 is 3. The standard InChI is InChI=1S/C17H27NO3/c1-5-11-18-16(17(21-4)12-9-10-12)15-13(19-2)7-6-8-14(15)20-3/h6-8,12,16-18H,5,9-11H2,1-4H3. The topological polar surface area (TPSA) is 39.7 Å². The van der Waals surface area contributed by atoms with Crippen LogP contribution in [0.4, 0.5) is 0 Å². The summed E-state index contributed by atoms with van der Waals surface area (Å²) in [6.45, 7) is 3.11. The maximum Gasteiger partial charge on any atom is 0.127 e. The van der Waals surface area contributed by atoms with Crippen molar-refractivity contribution in [1.82, 2.24) is 5.32 Å². The van der Waals surface area contributed by atoms with E-state index in [0.717, 1.165) is 30.0 Å². The average molecular weight is 293 g/mol. The molecule has 1 aliphatic carbocycles. The second-order valence-electron chi connectivity index (χ2n) is 5.55. The molecule has 118 valence electrons. The van der Waals surface area contributed by atoms with Gasteiger partial charge in [0, 0.05) is 7.11 Å². The van der Waals surface area contributed by atoms with Gasteiger partial charge >= 0.3 is 0 Å². The first-order valence-electron chi connectivity index (χ1n) is 7.73. The van der Waals surface area contributed by atoms with Crippen LogP contribution in [-0.2, 0) is 4.74 Å². The summed E-state index contributed by atoms with van der Waals surface area (Å²) in [4.78, 5) is 0. The summed E-state index contributed by atoms with van der Waals surface area (Å²) >= 11 is 0. The molecule has 4 heteroatoms. The first-order valence-corrected chi connectivity index (χ1v) is 7.73. The van der Waals surface area contributed by atoms with Crippen LogP contribution in [0.1, 0.15) is 37.8 Å². The fraction of sp³-hybridized carbons (Fsp3) is 0.647. The van der Waals surface area contributed by atoms with Gasteiger partial charge in [-0.2, -0.15) is 0 Å². The van der Waals surface area contributed by atoms with E-state index >= 15 is 0 Å². The van der Waals surface area contributed by atoms with E-state index in [1.165, 1.54) is 12.8 Å². The van der Waals surface area contributed by atoms with Gasteiger partial charge in [0.2, 0.25) is 0 Å². The molecule has 21 heavy (non-hydrogen) atoms. The molecule has 1 aromatic rings. The minimum Gasteiger partial charge on any atom is -0.496 e. The molecular weight excluding hydrogens is 266 g/mol. The van der Waals surface area contributed by atoms with Crippen LogP contribution in [-0.4, -0.2) is 34.0 Å². The molecule has 0 bridgehead atoms. The van der Waals surface area contributed by atoms with Crippen LogP contribution >= 0.6 is 0 Å². The molecule has 1 saturated carbocycles. The molecule has 2 atom stereocenters. The molecule has 4 nitrogen and oxygen atoms in total. The van der Waals surface area contributed by atoms with Crippen molar-refractivity contribution < 1.29 is 14.2 Å². The Kier molecular flexibility index (Phi) is 5.88. The zero-order chi connectivity index (χ0) is 15.2. The lowest BCUT2D eigenvalue weighted by molar-refractivity contribution is 0.0491. The SMILES string of the molecule is CCCNC(c1c(OC)cccc1OC)C(OC)C1CC1. The normalized spacial score (nSPS) is 17.3. The molecule has 1 fully saturated rings. The molecule has 0 aliphatic heterocycles. The predicted octanol–water partition coefficient (Wildman–Crippen LogP) is 3.17. The van der Waals surface area contributed by atoms with E-state index in [4.69, 9.17) is 14.2 Å². The first-order chi connectivity index (χ1) is 10.3. The lowest BCUT2D eigenvalue weighted by Gasteiger charge is -2.30. The first kappa shape index (κ1) is 16.1. The highest BCUT2D eigenvalue weighted by Crippen LogP contribution is 2.44. The van der Waals surface area contributed by atoms with Crippen LogP contribution in [0, 0.1) is 5.92 Å². The van der Waals surface area contributed by atoms with Crippen molar-refractivity contribution in [2.75, 3.05) is 27.9 Å². The summed E-state index contributed by atoms with van der Waals surface area (Å²) in [6.07, 6.45) is 3.71. The average Bonchev–Trinajstić information content (AvgIpc) is 3.35. The molecule has 0 spiro atoms. The highest BCUT2D eigenvalue weighted by Gasteiger charge is 2.39. The molecule has 0 saturated heterocycles. The minimum atomic E-state index is 0.0912. The third-order valence-electron chi connectivity index (χ3n) is 4.08. The van der Waals surface area contributed by atoms with Crippen molar-refractivity contribution in [1.29, 1.82) is 0 Å². The molecule has 1 N–H and O–H groups in total. The molecule has 0 heterocycles. The van der Waals surface area contributed by atoms with Crippen LogP contribution in [0.25, 0.3) is 0 Å². The lowest BCUT2D eigenvalue weighted by Crippen LogP contribution is -2.35. The van der Waals surface area contributed by atoms with Gasteiger partial charge < -0.3 is 19.5 Å². The third kappa shape index (κ3) is 3.69. The number of hydrogen-bond acceptors (Lipinski definition) is 4. The van der Waals surface area contributed by atoms with Gasteiger partial charge in [-0.15, -0.1) is 0 Å². The number of nitrogens with one attached hydrogen (secondary N) is 1. The maximum atomic E-state index is 5.81. The molecular formula is C17H27NO3. The maximum absolute atomic E-state index is 5.81. The van der Waals surface area contributed by atoms with E-state index in [2.05, 4.69) is 12.2 Å². The van der Waals surface area contributed by atoms with Gasteiger partial charge in [-0.3, -0.25) is 0 Å². The zero-order valence-electron chi connectivity index (χ0n) is 13.5. The second-order valence-corrected chi connectivity index (χ2v) is 5.55. The quantitative estimate of drug-likeness (QED) is 0.759. The van der Waals surface area contributed by atoms with E-state index in [0.29, 0.717) is 5.92 Å². The molecule has 1 aliphatic rings. The van der Waals surface area contributed by atoms with Crippen LogP contribution in [0.15, 0.2) is 18.2 Å². The van der Waals surface area contributed by atoms with Crippen LogP contribution in [0.5, 0.6) is 11.5 Å². The lowest BCUT2D eigenvalue weighted by atomic mass is 9.95. The highest BCUT2D eigenvalue weighted by atomic mass is 16.5. The Labute approximate surface area is 127 Å². The van der Waals surface area contributed by atoms with E-state index in [1.807, 2.05) is 18.2 Å². The second kappa shape index (κ2) is 7.66. The Hall–Kier alpha value is -1.26. The summed E-state index contributed by atoms with van der Waals surface area (Å²) < 4.78 is 16.9. The van der Waals surface area contributed by atoms with Crippen molar-refractivity contribution in [3.63, 3.8) is 0 Å². The van der Waals surface area contributed by atoms with Crippen molar-refractivity contribution >= 4 is 0 Å². The van der Waals surface area contributed by atoms with Crippen molar-refractivity contribution in [2.24, 2.45) is 5.92 Å². The number of benzene rings is 1. The number of hydrogen-bond donors (Lipinski definition) is 1. The van der Waals surface area contributed by atoms with E-state index in [1.54, 1.807) is 21.3 Å². The third-order valence-corrected chi connectivity index (χ3v) is 4.08. The monoisotopic (exact) mass is 293 g/mol. The Bertz CT molecular complexity index is 423. The molecule has 0 amide bonds. The summed E-state index contributed by atoms with van der Waals surface area (Å²) in [6, 6.07) is 6.02. The van der Waals surface area contributed by atoms with Gasteiger partial charge in [0.05, 0.1) is 31.9 Å². The van der Waals surface area contributed by atoms with Crippen molar-refractivity contribution in [3.05, 3.63) is 23.8 Å². The zero-order valence-corrected chi connectivity index (χ0v) is 13.5. The highest BCUT2D eigenvalue weighted by molar-refractivity contribution is 5.47. The number of ether oxygens (including phenoxy) is 3. The van der Waals surface area contributed by atoms with E-state index in [9.17, 15) is 0 Å². The Balaban J connectivity index is 2.38. The van der Waals surface area contributed by atoms with Gasteiger partial charge in [0.25, 0.3) is 0 Å². The van der Waals surface area contributed by atoms with Gasteiger partial charge in [0.15, 0.2) is 0 Å². The largest absolute Gasteiger partial charge is 0.496 e. The van der Waals surface area contributed by atoms with Crippen molar-refractivity contribution in [2.45, 2.75) is 38.3 Å². The minimum absolute atomic E-state index is 0.0912. The van der Waals surface area contributed by atoms with Crippen LogP contribution in [0.2, 0.25) is 0 Å². The fourth-order valence-electron chi connectivity index (χ4n) is 2.89. The van der Waals surface area contributed by atoms with E-state index in [-0.39, 0.29) is 12.1 Å². The Morgan fingerprint density at radius 1 is 1.14 bits per heavy atom. The van der Waals surface area contributed by atoms with Gasteiger partial charge in [-0.1, -0.05) is 13.0 Å². The van der Waals surface area contributed by atoms with Gasteiger partial charge in [-0.25, -0.2) is 0 Å². The summed E-state index contributed by atoms with van der Waals surface area (Å²) in [5.41, 5.74) is 1.06. The van der Waals surface area contributed by atoms with Crippen LogP contribution < -0.4 is 14.8 Å². The van der Waals surface area contributed by atoms with E-state index < -0.39 is 0 Å². The fourth-order valence-corrected chi connectivity index (χ4v) is 2.89. The van der Waals surface area contributed by atoms with Gasteiger partial charge in [0.1, 0.15) is 11.5 Å². The Morgan fingerprint density at radius 3 is 2.19 bits per heavy atom. The molecule has 2 unspecified atom stereocenters. The summed E-state index contributed by atoms with van der Waals surface area (Å²) in [5.74, 6) is 2.33. The predicted molar refractivity (Wildman–Crippen MR) is 84.1 cm³/mol. The van der Waals surface area contributed by atoms with Crippen molar-refractivity contribution in [3.8, 4) is 11.5 Å². The molecule has 0 radical (unpaired) electrons. The van der Waals surface area contributed by atoms with Crippen LogP contribution in [0.3, 0.4) is 0 Å².